The second-order valence-electron chi connectivity index (χ2n) is 5.52. The highest BCUT2D eigenvalue weighted by Crippen LogP contribution is 2.13. The van der Waals surface area contributed by atoms with E-state index >= 15 is 0 Å². The molecule has 1 heterocycles. The molecular formula is C24H33N. The predicted molar refractivity (Wildman–Crippen MR) is 118 cm³/mol. The summed E-state index contributed by atoms with van der Waals surface area (Å²) in [4.78, 5) is 0. The quantitative estimate of drug-likeness (QED) is 0.474. The van der Waals surface area contributed by atoms with Gasteiger partial charge >= 0.3 is 0 Å². The molecule has 0 bridgehead atoms. The van der Waals surface area contributed by atoms with Crippen molar-refractivity contribution in [1.82, 2.24) is 4.57 Å². The van der Waals surface area contributed by atoms with Gasteiger partial charge in [-0.3, -0.25) is 0 Å². The summed E-state index contributed by atoms with van der Waals surface area (Å²) in [7, 11) is 0. The Balaban J connectivity index is 0.000000845. The van der Waals surface area contributed by atoms with Gasteiger partial charge in [-0.05, 0) is 39.8 Å². The Morgan fingerprint density at radius 2 is 1.56 bits per heavy atom. The largest absolute Gasteiger partial charge is 0.310 e. The summed E-state index contributed by atoms with van der Waals surface area (Å²) in [6, 6.07) is 8.41. The smallest absolute Gasteiger partial charge is 0.0540 e. The first-order chi connectivity index (χ1) is 12.0. The number of rotatable bonds is 3. The number of aromatic nitrogens is 1. The van der Waals surface area contributed by atoms with E-state index in [0.29, 0.717) is 0 Å². The van der Waals surface area contributed by atoms with Crippen molar-refractivity contribution in [2.45, 2.75) is 41.5 Å². The summed E-state index contributed by atoms with van der Waals surface area (Å²) in [5, 5.41) is 3.69. The topological polar surface area (TPSA) is 4.93 Å². The zero-order valence-electron chi connectivity index (χ0n) is 16.8. The predicted octanol–water partition coefficient (Wildman–Crippen LogP) is 6.06. The molecule has 0 aliphatic rings. The molecular weight excluding hydrogens is 302 g/mol. The number of benzene rings is 1. The average Bonchev–Trinajstić information content (AvgIpc) is 2.94. The van der Waals surface area contributed by atoms with Gasteiger partial charge in [0.25, 0.3) is 0 Å². The Labute approximate surface area is 153 Å². The molecule has 1 nitrogen and oxygen atoms in total. The van der Waals surface area contributed by atoms with E-state index in [2.05, 4.69) is 74.6 Å². The maximum atomic E-state index is 4.16. The molecule has 0 amide bonds. The Morgan fingerprint density at radius 1 is 1.00 bits per heavy atom. The van der Waals surface area contributed by atoms with Crippen LogP contribution in [-0.2, 0) is 0 Å². The minimum Gasteiger partial charge on any atom is -0.310 e. The first kappa shape index (κ1) is 22.5. The van der Waals surface area contributed by atoms with Gasteiger partial charge in [0, 0.05) is 21.7 Å². The number of fused-ring (bicyclic) bond motifs is 1. The van der Waals surface area contributed by atoms with Crippen LogP contribution >= 0.6 is 0 Å². The summed E-state index contributed by atoms with van der Waals surface area (Å²) < 4.78 is 2.19. The van der Waals surface area contributed by atoms with Crippen LogP contribution in [0, 0.1) is 0 Å². The van der Waals surface area contributed by atoms with E-state index in [1.807, 2.05) is 39.8 Å². The molecule has 0 aliphatic carbocycles. The first-order valence-corrected chi connectivity index (χ1v) is 8.80. The van der Waals surface area contributed by atoms with E-state index in [9.17, 15) is 0 Å². The second-order valence-corrected chi connectivity index (χ2v) is 5.52. The van der Waals surface area contributed by atoms with Crippen molar-refractivity contribution in [3.05, 3.63) is 78.4 Å². The normalized spacial score (nSPS) is 11.6. The molecule has 2 rings (SSSR count). The van der Waals surface area contributed by atoms with Crippen molar-refractivity contribution in [2.75, 3.05) is 0 Å². The molecule has 0 saturated heterocycles. The lowest BCUT2D eigenvalue weighted by atomic mass is 10.2. The highest BCUT2D eigenvalue weighted by molar-refractivity contribution is 5.86. The third-order valence-corrected chi connectivity index (χ3v) is 3.23. The molecule has 0 N–H and O–H groups in total. The Bertz CT molecular complexity index is 853. The van der Waals surface area contributed by atoms with Gasteiger partial charge in [0.05, 0.1) is 5.52 Å². The molecule has 1 heteroatoms. The fraction of sp³-hybridized carbons (Fsp3) is 0.250. The van der Waals surface area contributed by atoms with Crippen LogP contribution < -0.4 is 10.6 Å². The molecule has 25 heavy (non-hydrogen) atoms. The zero-order valence-corrected chi connectivity index (χ0v) is 16.8. The standard InChI is InChI=1S/C18H19N.C4H8.C2H6/c1-5-8-11-14(4)19-17(7-3)15(6-2)16-12-9-10-13-18(16)19;1-4(2)3;1-2/h5-13H,1,4H2,2-3H3;1H2,2-3H3;1-2H3/b11-8-,15-6-,17-7+;;. The van der Waals surface area contributed by atoms with E-state index in [-0.39, 0.29) is 0 Å². The van der Waals surface area contributed by atoms with Crippen LogP contribution in [0.5, 0.6) is 0 Å². The Kier molecular flexibility index (Phi) is 10.7. The van der Waals surface area contributed by atoms with Gasteiger partial charge in [-0.25, -0.2) is 0 Å². The van der Waals surface area contributed by atoms with Crippen molar-refractivity contribution >= 4 is 28.8 Å². The highest BCUT2D eigenvalue weighted by Gasteiger charge is 2.06. The summed E-state index contributed by atoms with van der Waals surface area (Å²) in [6.07, 6.45) is 9.93. The third kappa shape index (κ3) is 6.11. The van der Waals surface area contributed by atoms with Crippen LogP contribution in [-0.4, -0.2) is 4.57 Å². The minimum atomic E-state index is 0.942. The summed E-state index contributed by atoms with van der Waals surface area (Å²) in [5.74, 6) is 0. The van der Waals surface area contributed by atoms with E-state index in [1.54, 1.807) is 6.08 Å². The zero-order chi connectivity index (χ0) is 19.4. The van der Waals surface area contributed by atoms with Crippen LogP contribution in [0.25, 0.3) is 28.8 Å². The molecule has 0 fully saturated rings. The third-order valence-electron chi connectivity index (χ3n) is 3.23. The van der Waals surface area contributed by atoms with Crippen LogP contribution in [0.3, 0.4) is 0 Å². The summed E-state index contributed by atoms with van der Waals surface area (Å²) >= 11 is 0. The number of hydrogen-bond donors (Lipinski definition) is 0. The van der Waals surface area contributed by atoms with Crippen LogP contribution in [0.15, 0.2) is 67.8 Å². The van der Waals surface area contributed by atoms with Crippen LogP contribution in [0.4, 0.5) is 0 Å². The molecule has 0 radical (unpaired) electrons. The summed E-state index contributed by atoms with van der Waals surface area (Å²) in [6.45, 7) is 23.5. The van der Waals surface area contributed by atoms with Gasteiger partial charge in [-0.15, -0.1) is 6.58 Å². The van der Waals surface area contributed by atoms with Crippen molar-refractivity contribution in [1.29, 1.82) is 0 Å². The first-order valence-electron chi connectivity index (χ1n) is 8.80. The fourth-order valence-electron chi connectivity index (χ4n) is 2.44. The van der Waals surface area contributed by atoms with Crippen molar-refractivity contribution in [3.8, 4) is 0 Å². The molecule has 2 aromatic rings. The lowest BCUT2D eigenvalue weighted by Crippen LogP contribution is -2.27. The second kappa shape index (κ2) is 11.9. The SMILES string of the molecule is C=C(C)C.C=C/C=C\C(=C)n1c(=C/C)/c(=C\C)c2ccccc21.CC. The molecule has 134 valence electrons. The van der Waals surface area contributed by atoms with Gasteiger partial charge in [-0.1, -0.05) is 75.1 Å². The Morgan fingerprint density at radius 3 is 2.04 bits per heavy atom. The number of allylic oxidation sites excluding steroid dienone is 5. The number of para-hydroxylation sites is 1. The van der Waals surface area contributed by atoms with E-state index in [1.165, 1.54) is 27.0 Å². The van der Waals surface area contributed by atoms with Gasteiger partial charge in [0.2, 0.25) is 0 Å². The van der Waals surface area contributed by atoms with Crippen molar-refractivity contribution in [3.63, 3.8) is 0 Å². The maximum absolute atomic E-state index is 4.16. The maximum Gasteiger partial charge on any atom is 0.0540 e. The van der Waals surface area contributed by atoms with E-state index in [4.69, 9.17) is 0 Å². The minimum absolute atomic E-state index is 0.942. The molecule has 0 spiro atoms. The van der Waals surface area contributed by atoms with E-state index in [0.717, 1.165) is 5.70 Å². The number of nitrogens with zero attached hydrogens (tertiary/aromatic N) is 1. The molecule has 1 aromatic carbocycles. The Hall–Kier alpha value is -2.54. The highest BCUT2D eigenvalue weighted by atomic mass is 15.0. The van der Waals surface area contributed by atoms with Gasteiger partial charge in [0.1, 0.15) is 0 Å². The monoisotopic (exact) mass is 335 g/mol. The van der Waals surface area contributed by atoms with Gasteiger partial charge in [0.15, 0.2) is 0 Å². The van der Waals surface area contributed by atoms with E-state index < -0.39 is 0 Å². The number of hydrogen-bond acceptors (Lipinski definition) is 0. The summed E-state index contributed by atoms with van der Waals surface area (Å²) in [5.41, 5.74) is 3.29. The molecule has 1 aromatic heterocycles. The van der Waals surface area contributed by atoms with Crippen LogP contribution in [0.2, 0.25) is 0 Å². The lowest BCUT2D eigenvalue weighted by Gasteiger charge is -2.05. The van der Waals surface area contributed by atoms with Gasteiger partial charge < -0.3 is 4.57 Å². The molecule has 0 unspecified atom stereocenters. The van der Waals surface area contributed by atoms with Crippen LogP contribution in [0.1, 0.15) is 41.5 Å². The lowest BCUT2D eigenvalue weighted by molar-refractivity contribution is 1.11. The molecule has 0 atom stereocenters. The average molecular weight is 336 g/mol. The molecule has 0 aliphatic heterocycles. The fourth-order valence-corrected chi connectivity index (χ4v) is 2.44. The molecule has 0 saturated carbocycles. The van der Waals surface area contributed by atoms with Gasteiger partial charge in [-0.2, -0.15) is 0 Å². The van der Waals surface area contributed by atoms with Crippen molar-refractivity contribution in [2.24, 2.45) is 0 Å². The van der Waals surface area contributed by atoms with Crippen molar-refractivity contribution < 1.29 is 0 Å².